The number of benzene rings is 2. The van der Waals surface area contributed by atoms with Crippen LogP contribution in [0.5, 0.6) is 11.5 Å². The van der Waals surface area contributed by atoms with Crippen molar-refractivity contribution in [1.29, 1.82) is 0 Å². The summed E-state index contributed by atoms with van der Waals surface area (Å²) in [5, 5.41) is 0. The molecule has 2 aromatic carbocycles. The number of rotatable bonds is 1. The SMILES string of the molecule is CN(C)C1CC2c3ccccc3Oc3ccccc3N2C1=O. The first-order valence-corrected chi connectivity index (χ1v) is 7.52. The lowest BCUT2D eigenvalue weighted by Crippen LogP contribution is -2.37. The van der Waals surface area contributed by atoms with Gasteiger partial charge in [0.1, 0.15) is 5.75 Å². The molecule has 4 rings (SSSR count). The molecule has 0 radical (unpaired) electrons. The van der Waals surface area contributed by atoms with Gasteiger partial charge in [-0.1, -0.05) is 30.3 Å². The number of para-hydroxylation sites is 3. The molecule has 2 aliphatic rings. The van der Waals surface area contributed by atoms with Crippen molar-refractivity contribution in [3.8, 4) is 11.5 Å². The Balaban J connectivity index is 1.92. The summed E-state index contributed by atoms with van der Waals surface area (Å²) < 4.78 is 6.08. The molecule has 0 aromatic heterocycles. The number of likely N-dealkylation sites (N-methyl/N-ethyl adjacent to an activating group) is 1. The van der Waals surface area contributed by atoms with Crippen molar-refractivity contribution in [3.05, 3.63) is 54.1 Å². The van der Waals surface area contributed by atoms with Gasteiger partial charge in [0.15, 0.2) is 5.75 Å². The smallest absolute Gasteiger partial charge is 0.245 e. The number of fused-ring (bicyclic) bond motifs is 5. The molecule has 22 heavy (non-hydrogen) atoms. The molecule has 4 heteroatoms. The highest BCUT2D eigenvalue weighted by molar-refractivity contribution is 6.02. The number of ether oxygens (including phenoxy) is 1. The molecular formula is C18H18N2O2. The zero-order valence-electron chi connectivity index (χ0n) is 12.7. The molecule has 0 aliphatic carbocycles. The van der Waals surface area contributed by atoms with Crippen molar-refractivity contribution in [3.63, 3.8) is 0 Å². The van der Waals surface area contributed by atoms with Gasteiger partial charge < -0.3 is 4.74 Å². The number of hydrogen-bond donors (Lipinski definition) is 0. The molecule has 0 saturated carbocycles. The fourth-order valence-corrected chi connectivity index (χ4v) is 3.43. The van der Waals surface area contributed by atoms with E-state index in [1.54, 1.807) is 0 Å². The van der Waals surface area contributed by atoms with Gasteiger partial charge in [-0.25, -0.2) is 0 Å². The van der Waals surface area contributed by atoms with Crippen LogP contribution in [0.2, 0.25) is 0 Å². The largest absolute Gasteiger partial charge is 0.455 e. The van der Waals surface area contributed by atoms with Gasteiger partial charge in [-0.15, -0.1) is 0 Å². The summed E-state index contributed by atoms with van der Waals surface area (Å²) in [6, 6.07) is 15.7. The van der Waals surface area contributed by atoms with Crippen LogP contribution in [0.25, 0.3) is 0 Å². The lowest BCUT2D eigenvalue weighted by Gasteiger charge is -2.23. The van der Waals surface area contributed by atoms with E-state index in [4.69, 9.17) is 4.74 Å². The Bertz CT molecular complexity index is 741. The maximum atomic E-state index is 12.9. The first kappa shape index (κ1) is 13.3. The third-order valence-corrected chi connectivity index (χ3v) is 4.53. The van der Waals surface area contributed by atoms with E-state index in [1.807, 2.05) is 66.4 Å². The Morgan fingerprint density at radius 3 is 2.50 bits per heavy atom. The molecule has 0 N–H and O–H groups in total. The number of hydrogen-bond acceptors (Lipinski definition) is 3. The number of amides is 1. The van der Waals surface area contributed by atoms with E-state index in [9.17, 15) is 4.79 Å². The number of anilines is 1. The lowest BCUT2D eigenvalue weighted by atomic mass is 10.0. The van der Waals surface area contributed by atoms with Gasteiger partial charge in [0, 0.05) is 5.56 Å². The van der Waals surface area contributed by atoms with Gasteiger partial charge in [-0.3, -0.25) is 14.6 Å². The van der Waals surface area contributed by atoms with E-state index in [2.05, 4.69) is 6.07 Å². The van der Waals surface area contributed by atoms with Crippen molar-refractivity contribution in [2.24, 2.45) is 0 Å². The highest BCUT2D eigenvalue weighted by Gasteiger charge is 2.45. The number of nitrogens with zero attached hydrogens (tertiary/aromatic N) is 2. The van der Waals surface area contributed by atoms with E-state index in [0.717, 1.165) is 29.2 Å². The average Bonchev–Trinajstić information content (AvgIpc) is 2.79. The van der Waals surface area contributed by atoms with Crippen molar-refractivity contribution >= 4 is 11.6 Å². The fraction of sp³-hybridized carbons (Fsp3) is 0.278. The molecule has 1 saturated heterocycles. The third kappa shape index (κ3) is 1.84. The van der Waals surface area contributed by atoms with Crippen LogP contribution in [0, 0.1) is 0 Å². The molecule has 0 bridgehead atoms. The van der Waals surface area contributed by atoms with Crippen molar-refractivity contribution in [2.45, 2.75) is 18.5 Å². The summed E-state index contributed by atoms with van der Waals surface area (Å²) in [6.45, 7) is 0. The lowest BCUT2D eigenvalue weighted by molar-refractivity contribution is -0.120. The molecule has 4 nitrogen and oxygen atoms in total. The predicted molar refractivity (Wildman–Crippen MR) is 85.3 cm³/mol. The van der Waals surface area contributed by atoms with E-state index < -0.39 is 0 Å². The van der Waals surface area contributed by atoms with Gasteiger partial charge in [0.05, 0.1) is 17.8 Å². The minimum absolute atomic E-state index is 0.0275. The summed E-state index contributed by atoms with van der Waals surface area (Å²) >= 11 is 0. The highest BCUT2D eigenvalue weighted by atomic mass is 16.5. The van der Waals surface area contributed by atoms with Crippen LogP contribution in [0.3, 0.4) is 0 Å². The molecule has 2 unspecified atom stereocenters. The van der Waals surface area contributed by atoms with E-state index in [-0.39, 0.29) is 18.0 Å². The second kappa shape index (κ2) is 4.85. The van der Waals surface area contributed by atoms with Crippen LogP contribution in [-0.2, 0) is 4.79 Å². The minimum atomic E-state index is -0.0933. The molecule has 2 aliphatic heterocycles. The van der Waals surface area contributed by atoms with Crippen LogP contribution in [0.15, 0.2) is 48.5 Å². The highest BCUT2D eigenvalue weighted by Crippen LogP contribution is 2.48. The summed E-state index contributed by atoms with van der Waals surface area (Å²) in [6.07, 6.45) is 0.778. The van der Waals surface area contributed by atoms with Crippen molar-refractivity contribution in [2.75, 3.05) is 19.0 Å². The maximum absolute atomic E-state index is 12.9. The molecule has 1 amide bonds. The first-order valence-electron chi connectivity index (χ1n) is 7.52. The van der Waals surface area contributed by atoms with Crippen LogP contribution >= 0.6 is 0 Å². The topological polar surface area (TPSA) is 32.8 Å². The van der Waals surface area contributed by atoms with Gasteiger partial charge in [0.2, 0.25) is 5.91 Å². The zero-order valence-corrected chi connectivity index (χ0v) is 12.7. The average molecular weight is 294 g/mol. The molecule has 2 aromatic rings. The van der Waals surface area contributed by atoms with Gasteiger partial charge >= 0.3 is 0 Å². The molecule has 2 atom stereocenters. The van der Waals surface area contributed by atoms with Crippen molar-refractivity contribution < 1.29 is 9.53 Å². The van der Waals surface area contributed by atoms with Crippen LogP contribution in [0.4, 0.5) is 5.69 Å². The number of carbonyl (C=O) groups excluding carboxylic acids is 1. The zero-order chi connectivity index (χ0) is 15.3. The Labute approximate surface area is 129 Å². The van der Waals surface area contributed by atoms with E-state index in [1.165, 1.54) is 0 Å². The maximum Gasteiger partial charge on any atom is 0.245 e. The Kier molecular flexibility index (Phi) is 2.94. The number of carbonyl (C=O) groups is 1. The second-order valence-electron chi connectivity index (χ2n) is 6.05. The molecule has 112 valence electrons. The molecular weight excluding hydrogens is 276 g/mol. The summed E-state index contributed by atoms with van der Waals surface area (Å²) in [5.41, 5.74) is 1.94. The van der Waals surface area contributed by atoms with Crippen LogP contribution in [0.1, 0.15) is 18.0 Å². The monoisotopic (exact) mass is 294 g/mol. The van der Waals surface area contributed by atoms with Crippen LogP contribution < -0.4 is 9.64 Å². The van der Waals surface area contributed by atoms with E-state index >= 15 is 0 Å². The first-order chi connectivity index (χ1) is 10.7. The Hall–Kier alpha value is -2.33. The Morgan fingerprint density at radius 1 is 1.05 bits per heavy atom. The predicted octanol–water partition coefficient (Wildman–Crippen LogP) is 3.20. The normalized spacial score (nSPS) is 22.7. The third-order valence-electron chi connectivity index (χ3n) is 4.53. The van der Waals surface area contributed by atoms with E-state index in [0.29, 0.717) is 0 Å². The van der Waals surface area contributed by atoms with Gasteiger partial charge in [-0.05, 0) is 38.7 Å². The molecule has 0 spiro atoms. The standard InChI is InChI=1S/C18H18N2O2/c1-19(2)15-11-14-12-7-3-5-9-16(12)22-17-10-6-4-8-13(17)20(14)18(15)21/h3-10,14-15H,11H2,1-2H3. The van der Waals surface area contributed by atoms with Gasteiger partial charge in [0.25, 0.3) is 0 Å². The summed E-state index contributed by atoms with van der Waals surface area (Å²) in [5.74, 6) is 1.72. The fourth-order valence-electron chi connectivity index (χ4n) is 3.43. The van der Waals surface area contributed by atoms with Crippen molar-refractivity contribution in [1.82, 2.24) is 4.90 Å². The molecule has 1 fully saturated rings. The Morgan fingerprint density at radius 2 is 1.73 bits per heavy atom. The second-order valence-corrected chi connectivity index (χ2v) is 6.05. The van der Waals surface area contributed by atoms with Crippen LogP contribution in [-0.4, -0.2) is 30.9 Å². The quantitative estimate of drug-likeness (QED) is 0.809. The summed E-state index contributed by atoms with van der Waals surface area (Å²) in [7, 11) is 3.92. The van der Waals surface area contributed by atoms with Gasteiger partial charge in [-0.2, -0.15) is 0 Å². The molecule has 2 heterocycles. The summed E-state index contributed by atoms with van der Waals surface area (Å²) in [4.78, 5) is 16.8. The minimum Gasteiger partial charge on any atom is -0.455 e.